The molecule has 1 aromatic carbocycles. The zero-order valence-electron chi connectivity index (χ0n) is 13.2. The first kappa shape index (κ1) is 15.2. The van der Waals surface area contributed by atoms with Crippen molar-refractivity contribution in [3.63, 3.8) is 0 Å². The predicted octanol–water partition coefficient (Wildman–Crippen LogP) is 0.363. The molecule has 0 aromatic heterocycles. The summed E-state index contributed by atoms with van der Waals surface area (Å²) in [5.41, 5.74) is 2.15. The predicted molar refractivity (Wildman–Crippen MR) is 85.6 cm³/mol. The van der Waals surface area contributed by atoms with Crippen LogP contribution in [-0.2, 0) is 9.53 Å². The van der Waals surface area contributed by atoms with Crippen LogP contribution >= 0.6 is 0 Å². The van der Waals surface area contributed by atoms with Crippen molar-refractivity contribution in [2.75, 3.05) is 31.6 Å². The van der Waals surface area contributed by atoms with E-state index in [1.165, 1.54) is 0 Å². The van der Waals surface area contributed by atoms with E-state index in [-0.39, 0.29) is 17.7 Å². The number of carbonyl (C=O) groups excluding carboxylic acids is 2. The normalized spacial score (nSPS) is 28.0. The number of para-hydroxylation sites is 1. The highest BCUT2D eigenvalue weighted by molar-refractivity contribution is 6.01. The van der Waals surface area contributed by atoms with Crippen molar-refractivity contribution in [3.8, 4) is 0 Å². The highest BCUT2D eigenvalue weighted by atomic mass is 16.5. The number of carbonyl (C=O) groups is 2. The number of morpholine rings is 1. The molecule has 0 bridgehead atoms. The van der Waals surface area contributed by atoms with Crippen LogP contribution in [-0.4, -0.2) is 49.1 Å². The SMILES string of the molecule is O=C([O-])[C@@H]1Nc2c(C(=O)N3CCOCC3)cccc2[C@H]2C=CC[C@H]21. The monoisotopic (exact) mass is 327 g/mol. The number of hydrogen-bond donors (Lipinski definition) is 1. The fourth-order valence-corrected chi connectivity index (χ4v) is 3.97. The maximum absolute atomic E-state index is 12.9. The maximum Gasteiger partial charge on any atom is 0.256 e. The quantitative estimate of drug-likeness (QED) is 0.793. The number of fused-ring (bicyclic) bond motifs is 3. The molecule has 2 heterocycles. The summed E-state index contributed by atoms with van der Waals surface area (Å²) < 4.78 is 5.30. The van der Waals surface area contributed by atoms with E-state index in [0.717, 1.165) is 5.56 Å². The van der Waals surface area contributed by atoms with Crippen LogP contribution in [0.1, 0.15) is 28.3 Å². The molecular formula is C18H19N2O4-. The van der Waals surface area contributed by atoms with Crippen LogP contribution < -0.4 is 10.4 Å². The smallest absolute Gasteiger partial charge is 0.256 e. The topological polar surface area (TPSA) is 81.7 Å². The van der Waals surface area contributed by atoms with Gasteiger partial charge in [-0.1, -0.05) is 24.3 Å². The van der Waals surface area contributed by atoms with Crippen molar-refractivity contribution in [1.29, 1.82) is 0 Å². The summed E-state index contributed by atoms with van der Waals surface area (Å²) in [7, 11) is 0. The summed E-state index contributed by atoms with van der Waals surface area (Å²) in [5.74, 6) is -1.24. The number of carboxylic acid groups (broad SMARTS) is 1. The van der Waals surface area contributed by atoms with Crippen LogP contribution in [0.3, 0.4) is 0 Å². The Morgan fingerprint density at radius 3 is 2.79 bits per heavy atom. The molecule has 6 nitrogen and oxygen atoms in total. The number of aliphatic carboxylic acids is 1. The van der Waals surface area contributed by atoms with Crippen molar-refractivity contribution in [3.05, 3.63) is 41.5 Å². The Hall–Kier alpha value is -2.34. The molecule has 1 amide bonds. The average Bonchev–Trinajstić information content (AvgIpc) is 3.10. The Balaban J connectivity index is 1.73. The molecule has 0 spiro atoms. The first-order valence-electron chi connectivity index (χ1n) is 8.31. The van der Waals surface area contributed by atoms with Crippen molar-refractivity contribution in [1.82, 2.24) is 4.90 Å². The van der Waals surface area contributed by atoms with Crippen LogP contribution in [0.25, 0.3) is 0 Å². The van der Waals surface area contributed by atoms with Crippen molar-refractivity contribution < 1.29 is 19.4 Å². The third-order valence-corrected chi connectivity index (χ3v) is 5.18. The molecule has 0 unspecified atom stereocenters. The van der Waals surface area contributed by atoms with E-state index in [4.69, 9.17) is 4.74 Å². The standard InChI is InChI=1S/C18H20N2O4/c21-17(20-7-9-24-10-8-20)14-6-2-4-12-11-3-1-5-13(11)16(18(22)23)19-15(12)14/h1-4,6,11,13,16,19H,5,7-10H2,(H,22,23)/p-1/t11-,13-,16-/m1/s1. The molecule has 1 N–H and O–H groups in total. The first-order valence-corrected chi connectivity index (χ1v) is 8.31. The van der Waals surface area contributed by atoms with Gasteiger partial charge in [-0.2, -0.15) is 0 Å². The van der Waals surface area contributed by atoms with Gasteiger partial charge < -0.3 is 24.9 Å². The van der Waals surface area contributed by atoms with Gasteiger partial charge in [0.1, 0.15) is 0 Å². The zero-order chi connectivity index (χ0) is 16.7. The van der Waals surface area contributed by atoms with Gasteiger partial charge in [0.15, 0.2) is 0 Å². The molecule has 1 aromatic rings. The van der Waals surface area contributed by atoms with Crippen LogP contribution in [0.2, 0.25) is 0 Å². The van der Waals surface area contributed by atoms with Gasteiger partial charge >= 0.3 is 0 Å². The number of nitrogens with one attached hydrogen (secondary N) is 1. The highest BCUT2D eigenvalue weighted by Gasteiger charge is 2.39. The molecule has 1 aliphatic carbocycles. The van der Waals surface area contributed by atoms with Crippen molar-refractivity contribution in [2.45, 2.75) is 18.4 Å². The minimum absolute atomic E-state index is 0.0154. The second kappa shape index (κ2) is 5.94. The number of anilines is 1. The van der Waals surface area contributed by atoms with Crippen molar-refractivity contribution in [2.24, 2.45) is 5.92 Å². The number of ether oxygens (including phenoxy) is 1. The lowest BCUT2D eigenvalue weighted by Gasteiger charge is -2.39. The van der Waals surface area contributed by atoms with E-state index in [9.17, 15) is 14.7 Å². The van der Waals surface area contributed by atoms with Gasteiger partial charge in [-0.25, -0.2) is 0 Å². The highest BCUT2D eigenvalue weighted by Crippen LogP contribution is 2.45. The second-order valence-electron chi connectivity index (χ2n) is 6.47. The Bertz CT molecular complexity index is 709. The summed E-state index contributed by atoms with van der Waals surface area (Å²) in [4.78, 5) is 26.2. The lowest BCUT2D eigenvalue weighted by molar-refractivity contribution is -0.308. The van der Waals surface area contributed by atoms with Crippen LogP contribution in [0.15, 0.2) is 30.4 Å². The molecule has 126 valence electrons. The van der Waals surface area contributed by atoms with E-state index in [2.05, 4.69) is 5.32 Å². The summed E-state index contributed by atoms with van der Waals surface area (Å²) in [5, 5.41) is 14.7. The van der Waals surface area contributed by atoms with Gasteiger partial charge in [0, 0.05) is 19.0 Å². The fourth-order valence-electron chi connectivity index (χ4n) is 3.97. The number of rotatable bonds is 2. The number of allylic oxidation sites excluding steroid dienone is 2. The Morgan fingerprint density at radius 1 is 1.25 bits per heavy atom. The van der Waals surface area contributed by atoms with E-state index in [1.807, 2.05) is 24.3 Å². The fraction of sp³-hybridized carbons (Fsp3) is 0.444. The van der Waals surface area contributed by atoms with E-state index < -0.39 is 12.0 Å². The maximum atomic E-state index is 12.9. The molecule has 0 radical (unpaired) electrons. The number of carboxylic acids is 1. The molecule has 4 rings (SSSR count). The second-order valence-corrected chi connectivity index (χ2v) is 6.47. The average molecular weight is 327 g/mol. The van der Waals surface area contributed by atoms with E-state index in [1.54, 1.807) is 11.0 Å². The number of benzene rings is 1. The molecule has 3 aliphatic rings. The summed E-state index contributed by atoms with van der Waals surface area (Å²) in [6, 6.07) is 4.82. The summed E-state index contributed by atoms with van der Waals surface area (Å²) >= 11 is 0. The Labute approximate surface area is 140 Å². The number of nitrogens with zero attached hydrogens (tertiary/aromatic N) is 1. The van der Waals surface area contributed by atoms with Gasteiger partial charge in [0.25, 0.3) is 5.91 Å². The van der Waals surface area contributed by atoms with Gasteiger partial charge in [-0.3, -0.25) is 4.79 Å². The van der Waals surface area contributed by atoms with Crippen LogP contribution in [0, 0.1) is 5.92 Å². The number of hydrogen-bond acceptors (Lipinski definition) is 5. The lowest BCUT2D eigenvalue weighted by atomic mass is 9.78. The third kappa shape index (κ3) is 2.38. The lowest BCUT2D eigenvalue weighted by Crippen LogP contribution is -2.49. The van der Waals surface area contributed by atoms with Gasteiger partial charge in [-0.05, 0) is 24.0 Å². The Kier molecular flexibility index (Phi) is 3.76. The Morgan fingerprint density at radius 2 is 2.04 bits per heavy atom. The third-order valence-electron chi connectivity index (χ3n) is 5.18. The van der Waals surface area contributed by atoms with E-state index in [0.29, 0.717) is 44.0 Å². The molecular weight excluding hydrogens is 308 g/mol. The molecule has 0 saturated carbocycles. The first-order chi connectivity index (χ1) is 11.7. The van der Waals surface area contributed by atoms with E-state index >= 15 is 0 Å². The van der Waals surface area contributed by atoms with Gasteiger partial charge in [-0.15, -0.1) is 0 Å². The molecule has 3 atom stereocenters. The molecule has 1 fully saturated rings. The molecule has 24 heavy (non-hydrogen) atoms. The van der Waals surface area contributed by atoms with Crippen LogP contribution in [0.4, 0.5) is 5.69 Å². The van der Waals surface area contributed by atoms with Gasteiger partial charge in [0.05, 0.1) is 36.5 Å². The minimum atomic E-state index is -1.12. The minimum Gasteiger partial charge on any atom is -0.548 e. The van der Waals surface area contributed by atoms with Crippen molar-refractivity contribution >= 4 is 17.6 Å². The number of amides is 1. The summed E-state index contributed by atoms with van der Waals surface area (Å²) in [6.07, 6.45) is 4.76. The molecule has 2 aliphatic heterocycles. The molecule has 1 saturated heterocycles. The molecule has 6 heteroatoms. The zero-order valence-corrected chi connectivity index (χ0v) is 13.2. The summed E-state index contributed by atoms with van der Waals surface area (Å²) in [6.45, 7) is 2.17. The van der Waals surface area contributed by atoms with Crippen LogP contribution in [0.5, 0.6) is 0 Å². The van der Waals surface area contributed by atoms with Gasteiger partial charge in [0.2, 0.25) is 0 Å². The largest absolute Gasteiger partial charge is 0.548 e.